The highest BCUT2D eigenvalue weighted by atomic mass is 19.2. The summed E-state index contributed by atoms with van der Waals surface area (Å²) in [5.74, 6) is -1.70. The van der Waals surface area contributed by atoms with Gasteiger partial charge < -0.3 is 10.4 Å². The van der Waals surface area contributed by atoms with Crippen LogP contribution < -0.4 is 5.32 Å². The lowest BCUT2D eigenvalue weighted by molar-refractivity contribution is 0.187. The van der Waals surface area contributed by atoms with Crippen LogP contribution in [-0.4, -0.2) is 17.3 Å². The molecule has 0 bridgehead atoms. The molecule has 1 rings (SSSR count). The van der Waals surface area contributed by atoms with E-state index in [1.165, 1.54) is 6.07 Å². The minimum atomic E-state index is -0.851. The number of benzene rings is 1. The second-order valence-electron chi connectivity index (χ2n) is 4.14. The Balaban J connectivity index is 2.62. The fourth-order valence-corrected chi connectivity index (χ4v) is 1.05. The van der Waals surface area contributed by atoms with Crippen LogP contribution in [0, 0.1) is 11.6 Å². The largest absolute Gasteiger partial charge is 0.394 e. The van der Waals surface area contributed by atoms with Crippen LogP contribution in [0.4, 0.5) is 8.78 Å². The van der Waals surface area contributed by atoms with Crippen molar-refractivity contribution < 1.29 is 13.9 Å². The second-order valence-corrected chi connectivity index (χ2v) is 4.14. The van der Waals surface area contributed by atoms with Crippen LogP contribution in [0.15, 0.2) is 18.2 Å². The summed E-state index contributed by atoms with van der Waals surface area (Å²) < 4.78 is 25.4. The molecule has 1 aromatic rings. The molecule has 4 heteroatoms. The van der Waals surface area contributed by atoms with Crippen LogP contribution in [-0.2, 0) is 6.54 Å². The van der Waals surface area contributed by atoms with Gasteiger partial charge >= 0.3 is 0 Å². The van der Waals surface area contributed by atoms with Crippen LogP contribution in [0.1, 0.15) is 19.4 Å². The molecule has 0 unspecified atom stereocenters. The zero-order valence-electron chi connectivity index (χ0n) is 8.85. The van der Waals surface area contributed by atoms with Gasteiger partial charge in [-0.1, -0.05) is 6.07 Å². The minimum Gasteiger partial charge on any atom is -0.394 e. The SMILES string of the molecule is CC(C)(CO)NCc1ccc(F)c(F)c1. The van der Waals surface area contributed by atoms with Crippen molar-refractivity contribution >= 4 is 0 Å². The van der Waals surface area contributed by atoms with Gasteiger partial charge in [-0.3, -0.25) is 0 Å². The second kappa shape index (κ2) is 4.68. The van der Waals surface area contributed by atoms with E-state index >= 15 is 0 Å². The number of hydrogen-bond acceptors (Lipinski definition) is 2. The Labute approximate surface area is 87.9 Å². The van der Waals surface area contributed by atoms with Crippen LogP contribution in [0.25, 0.3) is 0 Å². The molecule has 2 nitrogen and oxygen atoms in total. The summed E-state index contributed by atoms with van der Waals surface area (Å²) in [6.45, 7) is 4.03. The van der Waals surface area contributed by atoms with E-state index in [-0.39, 0.29) is 6.61 Å². The lowest BCUT2D eigenvalue weighted by Crippen LogP contribution is -2.42. The van der Waals surface area contributed by atoms with E-state index in [1.807, 2.05) is 13.8 Å². The quantitative estimate of drug-likeness (QED) is 0.803. The lowest BCUT2D eigenvalue weighted by Gasteiger charge is -2.23. The molecular formula is C11H15F2NO. The molecule has 0 spiro atoms. The molecule has 15 heavy (non-hydrogen) atoms. The fourth-order valence-electron chi connectivity index (χ4n) is 1.05. The Hall–Kier alpha value is -1.00. The summed E-state index contributed by atoms with van der Waals surface area (Å²) in [5, 5.41) is 12.0. The van der Waals surface area contributed by atoms with E-state index in [0.717, 1.165) is 12.1 Å². The highest BCUT2D eigenvalue weighted by molar-refractivity contribution is 5.17. The molecule has 0 aliphatic carbocycles. The van der Waals surface area contributed by atoms with Crippen LogP contribution in [0.2, 0.25) is 0 Å². The molecule has 0 aliphatic rings. The van der Waals surface area contributed by atoms with Gasteiger partial charge in [0.15, 0.2) is 11.6 Å². The molecule has 0 aliphatic heterocycles. The molecule has 0 saturated heterocycles. The molecular weight excluding hydrogens is 200 g/mol. The van der Waals surface area contributed by atoms with Crippen LogP contribution in [0.3, 0.4) is 0 Å². The van der Waals surface area contributed by atoms with Gasteiger partial charge in [0.25, 0.3) is 0 Å². The van der Waals surface area contributed by atoms with Crippen molar-refractivity contribution in [1.82, 2.24) is 5.32 Å². The standard InChI is InChI=1S/C11H15F2NO/c1-11(2,7-15)14-6-8-3-4-9(12)10(13)5-8/h3-5,14-15H,6-7H2,1-2H3. The summed E-state index contributed by atoms with van der Waals surface area (Å²) >= 11 is 0. The maximum Gasteiger partial charge on any atom is 0.159 e. The third-order valence-electron chi connectivity index (χ3n) is 2.15. The van der Waals surface area contributed by atoms with Crippen molar-refractivity contribution in [1.29, 1.82) is 0 Å². The minimum absolute atomic E-state index is 0.0172. The Kier molecular flexibility index (Phi) is 3.77. The topological polar surface area (TPSA) is 32.3 Å². The Morgan fingerprint density at radius 3 is 2.47 bits per heavy atom. The Bertz CT molecular complexity index is 339. The third-order valence-corrected chi connectivity index (χ3v) is 2.15. The lowest BCUT2D eigenvalue weighted by atomic mass is 10.1. The highest BCUT2D eigenvalue weighted by Crippen LogP contribution is 2.10. The molecule has 0 saturated carbocycles. The van der Waals surface area contributed by atoms with Crippen molar-refractivity contribution in [2.45, 2.75) is 25.9 Å². The van der Waals surface area contributed by atoms with E-state index in [2.05, 4.69) is 5.32 Å². The Morgan fingerprint density at radius 1 is 1.27 bits per heavy atom. The zero-order chi connectivity index (χ0) is 11.5. The summed E-state index contributed by atoms with van der Waals surface area (Å²) in [6, 6.07) is 3.76. The van der Waals surface area contributed by atoms with Crippen molar-refractivity contribution in [2.24, 2.45) is 0 Å². The maximum absolute atomic E-state index is 12.8. The number of aliphatic hydroxyl groups is 1. The average Bonchev–Trinajstić information content (AvgIpc) is 2.20. The van der Waals surface area contributed by atoms with E-state index in [0.29, 0.717) is 12.1 Å². The van der Waals surface area contributed by atoms with Crippen molar-refractivity contribution in [3.63, 3.8) is 0 Å². The molecule has 0 heterocycles. The van der Waals surface area contributed by atoms with Crippen molar-refractivity contribution in [2.75, 3.05) is 6.61 Å². The number of hydrogen-bond donors (Lipinski definition) is 2. The molecule has 0 fully saturated rings. The summed E-state index contributed by atoms with van der Waals surface area (Å²) in [5.41, 5.74) is 0.223. The van der Waals surface area contributed by atoms with Gasteiger partial charge in [-0.05, 0) is 31.5 Å². The van der Waals surface area contributed by atoms with E-state index in [1.54, 1.807) is 0 Å². The van der Waals surface area contributed by atoms with Crippen molar-refractivity contribution in [3.05, 3.63) is 35.4 Å². The summed E-state index contributed by atoms with van der Waals surface area (Å²) in [7, 11) is 0. The third kappa shape index (κ3) is 3.57. The molecule has 84 valence electrons. The monoisotopic (exact) mass is 215 g/mol. The van der Waals surface area contributed by atoms with Gasteiger partial charge in [-0.25, -0.2) is 8.78 Å². The van der Waals surface area contributed by atoms with E-state index in [4.69, 9.17) is 5.11 Å². The summed E-state index contributed by atoms with van der Waals surface area (Å²) in [6.07, 6.45) is 0. The van der Waals surface area contributed by atoms with Crippen LogP contribution >= 0.6 is 0 Å². The highest BCUT2D eigenvalue weighted by Gasteiger charge is 2.15. The maximum atomic E-state index is 12.8. The predicted molar refractivity (Wildman–Crippen MR) is 54.4 cm³/mol. The van der Waals surface area contributed by atoms with Crippen molar-refractivity contribution in [3.8, 4) is 0 Å². The van der Waals surface area contributed by atoms with Gasteiger partial charge in [0.05, 0.1) is 6.61 Å². The van der Waals surface area contributed by atoms with Gasteiger partial charge in [-0.15, -0.1) is 0 Å². The first-order chi connectivity index (χ1) is 6.94. The first kappa shape index (κ1) is 12.1. The van der Waals surface area contributed by atoms with Gasteiger partial charge in [0, 0.05) is 12.1 Å². The molecule has 0 amide bonds. The molecule has 0 radical (unpaired) electrons. The number of halogens is 2. The first-order valence-electron chi connectivity index (χ1n) is 4.74. The van der Waals surface area contributed by atoms with Gasteiger partial charge in [0.2, 0.25) is 0 Å². The number of rotatable bonds is 4. The molecule has 1 aromatic carbocycles. The smallest absolute Gasteiger partial charge is 0.159 e. The molecule has 2 N–H and O–H groups in total. The summed E-state index contributed by atoms with van der Waals surface area (Å²) in [4.78, 5) is 0. The van der Waals surface area contributed by atoms with Crippen LogP contribution in [0.5, 0.6) is 0 Å². The average molecular weight is 215 g/mol. The van der Waals surface area contributed by atoms with E-state index in [9.17, 15) is 8.78 Å². The fraction of sp³-hybridized carbons (Fsp3) is 0.455. The van der Waals surface area contributed by atoms with Gasteiger partial charge in [0.1, 0.15) is 0 Å². The first-order valence-corrected chi connectivity index (χ1v) is 4.74. The predicted octanol–water partition coefficient (Wildman–Crippen LogP) is 1.83. The number of nitrogens with one attached hydrogen (secondary N) is 1. The number of aliphatic hydroxyl groups excluding tert-OH is 1. The Morgan fingerprint density at radius 2 is 1.93 bits per heavy atom. The van der Waals surface area contributed by atoms with Gasteiger partial charge in [-0.2, -0.15) is 0 Å². The zero-order valence-corrected chi connectivity index (χ0v) is 8.85. The molecule has 0 aromatic heterocycles. The normalized spacial score (nSPS) is 11.8. The van der Waals surface area contributed by atoms with E-state index < -0.39 is 17.2 Å². The molecule has 0 atom stereocenters.